The SMILES string of the molecule is CC(C)S(=O)(=O)NC1CCC(c2[nH]nc(-c3ccc(C#N)cc3)c2F)CC1. The largest absolute Gasteiger partial charge is 0.279 e. The standard InChI is InChI=1S/C19H23FN4O2S/c1-12(2)27(25,26)24-16-9-7-15(8-10-16)19-17(20)18(22-23-19)14-5-3-13(11-21)4-6-14/h3-6,12,15-16,24H,7-10H2,1-2H3,(H,22,23). The maximum absolute atomic E-state index is 14.9. The highest BCUT2D eigenvalue weighted by Gasteiger charge is 2.30. The van der Waals surface area contributed by atoms with Gasteiger partial charge < -0.3 is 0 Å². The van der Waals surface area contributed by atoms with Gasteiger partial charge in [0.15, 0.2) is 5.82 Å². The molecule has 3 rings (SSSR count). The second-order valence-corrected chi connectivity index (χ2v) is 9.52. The zero-order chi connectivity index (χ0) is 19.6. The Bertz CT molecular complexity index is 937. The minimum Gasteiger partial charge on any atom is -0.279 e. The molecule has 0 unspecified atom stereocenters. The third kappa shape index (κ3) is 4.20. The predicted octanol–water partition coefficient (Wildman–Crippen LogP) is 3.44. The van der Waals surface area contributed by atoms with Gasteiger partial charge in [-0.25, -0.2) is 17.5 Å². The van der Waals surface area contributed by atoms with Gasteiger partial charge in [0.2, 0.25) is 10.0 Å². The molecule has 1 saturated carbocycles. The smallest absolute Gasteiger partial charge is 0.214 e. The molecule has 1 heterocycles. The number of nitrogens with one attached hydrogen (secondary N) is 2. The van der Waals surface area contributed by atoms with Crippen LogP contribution in [0.2, 0.25) is 0 Å². The van der Waals surface area contributed by atoms with Gasteiger partial charge in [-0.2, -0.15) is 10.4 Å². The summed E-state index contributed by atoms with van der Waals surface area (Å²) in [7, 11) is -3.29. The molecular weight excluding hydrogens is 367 g/mol. The topological polar surface area (TPSA) is 98.6 Å². The fourth-order valence-electron chi connectivity index (χ4n) is 3.37. The number of H-pyrrole nitrogens is 1. The Morgan fingerprint density at radius 1 is 1.22 bits per heavy atom. The van der Waals surface area contributed by atoms with Crippen LogP contribution in [-0.2, 0) is 10.0 Å². The maximum Gasteiger partial charge on any atom is 0.214 e. The monoisotopic (exact) mass is 390 g/mol. The maximum atomic E-state index is 14.9. The Hall–Kier alpha value is -2.24. The molecule has 6 nitrogen and oxygen atoms in total. The van der Waals surface area contributed by atoms with Crippen molar-refractivity contribution < 1.29 is 12.8 Å². The fourth-order valence-corrected chi connectivity index (χ4v) is 4.35. The molecule has 1 aliphatic rings. The van der Waals surface area contributed by atoms with E-state index in [1.54, 1.807) is 38.1 Å². The first kappa shape index (κ1) is 19.5. The number of nitrogens with zero attached hydrogens (tertiary/aromatic N) is 2. The van der Waals surface area contributed by atoms with Gasteiger partial charge >= 0.3 is 0 Å². The van der Waals surface area contributed by atoms with E-state index >= 15 is 0 Å². The molecule has 2 aromatic rings. The molecule has 1 aliphatic carbocycles. The van der Waals surface area contributed by atoms with E-state index in [0.717, 1.165) is 0 Å². The zero-order valence-corrected chi connectivity index (χ0v) is 16.2. The van der Waals surface area contributed by atoms with Crippen LogP contribution < -0.4 is 4.72 Å². The van der Waals surface area contributed by atoms with Crippen LogP contribution in [0.15, 0.2) is 24.3 Å². The second kappa shape index (κ2) is 7.79. The Kier molecular flexibility index (Phi) is 5.63. The van der Waals surface area contributed by atoms with Crippen LogP contribution in [0.5, 0.6) is 0 Å². The number of aromatic nitrogens is 2. The van der Waals surface area contributed by atoms with E-state index in [1.807, 2.05) is 6.07 Å². The van der Waals surface area contributed by atoms with Crippen LogP contribution in [0.1, 0.15) is 56.7 Å². The molecule has 0 amide bonds. The third-order valence-electron chi connectivity index (χ3n) is 5.11. The van der Waals surface area contributed by atoms with Crippen molar-refractivity contribution in [1.29, 1.82) is 5.26 Å². The Labute approximate surface area is 158 Å². The molecule has 8 heteroatoms. The van der Waals surface area contributed by atoms with E-state index in [9.17, 15) is 12.8 Å². The molecule has 0 bridgehead atoms. The van der Waals surface area contributed by atoms with E-state index in [0.29, 0.717) is 42.5 Å². The Morgan fingerprint density at radius 3 is 2.41 bits per heavy atom. The highest BCUT2D eigenvalue weighted by Crippen LogP contribution is 2.36. The van der Waals surface area contributed by atoms with E-state index in [2.05, 4.69) is 14.9 Å². The van der Waals surface area contributed by atoms with Gasteiger partial charge in [0.25, 0.3) is 0 Å². The second-order valence-electron chi connectivity index (χ2n) is 7.25. The first-order valence-corrected chi connectivity index (χ1v) is 10.6. The summed E-state index contributed by atoms with van der Waals surface area (Å²) in [4.78, 5) is 0. The van der Waals surface area contributed by atoms with Gasteiger partial charge in [0.1, 0.15) is 5.69 Å². The fraction of sp³-hybridized carbons (Fsp3) is 0.474. The van der Waals surface area contributed by atoms with Crippen LogP contribution in [0, 0.1) is 17.1 Å². The van der Waals surface area contributed by atoms with Gasteiger partial charge in [-0.15, -0.1) is 0 Å². The lowest BCUT2D eigenvalue weighted by Crippen LogP contribution is -2.40. The van der Waals surface area contributed by atoms with Crippen LogP contribution >= 0.6 is 0 Å². The molecule has 0 atom stereocenters. The molecule has 1 aromatic heterocycles. The number of aromatic amines is 1. The highest BCUT2D eigenvalue weighted by molar-refractivity contribution is 7.90. The van der Waals surface area contributed by atoms with E-state index in [1.165, 1.54) is 0 Å². The van der Waals surface area contributed by atoms with Crippen LogP contribution in [0.4, 0.5) is 4.39 Å². The summed E-state index contributed by atoms with van der Waals surface area (Å²) >= 11 is 0. The van der Waals surface area contributed by atoms with Crippen LogP contribution in [-0.4, -0.2) is 29.9 Å². The lowest BCUT2D eigenvalue weighted by molar-refractivity contribution is 0.362. The van der Waals surface area contributed by atoms with Crippen molar-refractivity contribution in [3.8, 4) is 17.3 Å². The number of rotatable bonds is 5. The summed E-state index contributed by atoms with van der Waals surface area (Å²) < 4.78 is 41.6. The summed E-state index contributed by atoms with van der Waals surface area (Å²) in [6.07, 6.45) is 2.72. The van der Waals surface area contributed by atoms with Gasteiger partial charge in [0.05, 0.1) is 22.6 Å². The van der Waals surface area contributed by atoms with Gasteiger partial charge in [-0.05, 0) is 51.7 Å². The van der Waals surface area contributed by atoms with Gasteiger partial charge in [-0.1, -0.05) is 12.1 Å². The molecular formula is C19H23FN4O2S. The molecule has 27 heavy (non-hydrogen) atoms. The zero-order valence-electron chi connectivity index (χ0n) is 15.4. The minimum atomic E-state index is -3.29. The number of sulfonamides is 1. The van der Waals surface area contributed by atoms with Crippen molar-refractivity contribution in [3.05, 3.63) is 41.3 Å². The highest BCUT2D eigenvalue weighted by atomic mass is 32.2. The number of benzene rings is 1. The molecule has 0 radical (unpaired) electrons. The third-order valence-corrected chi connectivity index (χ3v) is 7.01. The molecule has 144 valence electrons. The van der Waals surface area contributed by atoms with Crippen molar-refractivity contribution in [2.24, 2.45) is 0 Å². The molecule has 0 spiro atoms. The first-order chi connectivity index (χ1) is 12.8. The number of hydrogen-bond acceptors (Lipinski definition) is 4. The summed E-state index contributed by atoms with van der Waals surface area (Å²) in [6, 6.07) is 8.56. The number of nitriles is 1. The first-order valence-electron chi connectivity index (χ1n) is 9.07. The average Bonchev–Trinajstić information content (AvgIpc) is 3.03. The van der Waals surface area contributed by atoms with Crippen molar-refractivity contribution in [3.63, 3.8) is 0 Å². The van der Waals surface area contributed by atoms with Crippen molar-refractivity contribution >= 4 is 10.0 Å². The lowest BCUT2D eigenvalue weighted by atomic mass is 9.84. The van der Waals surface area contributed by atoms with Gasteiger partial charge in [0, 0.05) is 17.5 Å². The molecule has 1 fully saturated rings. The van der Waals surface area contributed by atoms with Crippen LogP contribution in [0.3, 0.4) is 0 Å². The molecule has 0 saturated heterocycles. The van der Waals surface area contributed by atoms with Crippen molar-refractivity contribution in [2.75, 3.05) is 0 Å². The normalized spacial score (nSPS) is 20.6. The lowest BCUT2D eigenvalue weighted by Gasteiger charge is -2.28. The summed E-state index contributed by atoms with van der Waals surface area (Å²) in [5, 5.41) is 15.3. The van der Waals surface area contributed by atoms with E-state index < -0.39 is 15.3 Å². The summed E-state index contributed by atoms with van der Waals surface area (Å²) in [5.41, 5.74) is 1.85. The quantitative estimate of drug-likeness (QED) is 0.817. The van der Waals surface area contributed by atoms with E-state index in [-0.39, 0.29) is 23.5 Å². The van der Waals surface area contributed by atoms with Gasteiger partial charge in [-0.3, -0.25) is 5.10 Å². The van der Waals surface area contributed by atoms with Crippen molar-refractivity contribution in [2.45, 2.75) is 56.7 Å². The molecule has 1 aromatic carbocycles. The summed E-state index contributed by atoms with van der Waals surface area (Å²) in [6.45, 7) is 3.30. The predicted molar refractivity (Wildman–Crippen MR) is 101 cm³/mol. The van der Waals surface area contributed by atoms with E-state index in [4.69, 9.17) is 5.26 Å². The Morgan fingerprint density at radius 2 is 1.85 bits per heavy atom. The van der Waals surface area contributed by atoms with Crippen LogP contribution in [0.25, 0.3) is 11.3 Å². The molecule has 0 aliphatic heterocycles. The number of halogens is 1. The summed E-state index contributed by atoms with van der Waals surface area (Å²) in [5.74, 6) is -0.379. The van der Waals surface area contributed by atoms with Crippen molar-refractivity contribution in [1.82, 2.24) is 14.9 Å². The minimum absolute atomic E-state index is 0.00978. The molecule has 2 N–H and O–H groups in total. The number of hydrogen-bond donors (Lipinski definition) is 2. The average molecular weight is 390 g/mol. The Balaban J connectivity index is 1.69.